The van der Waals surface area contributed by atoms with Gasteiger partial charge in [-0.2, -0.15) is 0 Å². The summed E-state index contributed by atoms with van der Waals surface area (Å²) in [5.74, 6) is 0.876. The van der Waals surface area contributed by atoms with Crippen LogP contribution in [0, 0.1) is 13.8 Å². The third-order valence-corrected chi connectivity index (χ3v) is 4.30. The molecule has 4 nitrogen and oxygen atoms in total. The molecule has 0 saturated carbocycles. The molecule has 0 amide bonds. The molecule has 0 aliphatic rings. The Hall–Kier alpha value is -3.01. The number of aromatic nitrogens is 4. The maximum atomic E-state index is 4.85. The van der Waals surface area contributed by atoms with Gasteiger partial charge in [-0.25, -0.2) is 4.98 Å². The summed E-state index contributed by atoms with van der Waals surface area (Å²) in [5, 5.41) is 0. The lowest BCUT2D eigenvalue weighted by atomic mass is 10.1. The van der Waals surface area contributed by atoms with Gasteiger partial charge >= 0.3 is 0 Å². The Morgan fingerprint density at radius 1 is 0.875 bits per heavy atom. The Labute approximate surface area is 140 Å². The SMILES string of the molecule is Cc1cc2nc(-c3ccccn3)n(Cc3ccccn3)c2cc1C. The third kappa shape index (κ3) is 2.56. The lowest BCUT2D eigenvalue weighted by molar-refractivity contribution is 0.803. The Kier molecular flexibility index (Phi) is 3.58. The first-order valence-corrected chi connectivity index (χ1v) is 8.01. The smallest absolute Gasteiger partial charge is 0.160 e. The van der Waals surface area contributed by atoms with E-state index >= 15 is 0 Å². The van der Waals surface area contributed by atoms with Crippen LogP contribution in [0.5, 0.6) is 0 Å². The van der Waals surface area contributed by atoms with Gasteiger partial charge in [-0.05, 0) is 61.4 Å². The van der Waals surface area contributed by atoms with Crippen LogP contribution < -0.4 is 0 Å². The van der Waals surface area contributed by atoms with Gasteiger partial charge in [0.05, 0.1) is 23.3 Å². The number of hydrogen-bond acceptors (Lipinski definition) is 3. The molecule has 0 spiro atoms. The molecule has 0 atom stereocenters. The monoisotopic (exact) mass is 314 g/mol. The minimum atomic E-state index is 0.672. The predicted molar refractivity (Wildman–Crippen MR) is 95.8 cm³/mol. The van der Waals surface area contributed by atoms with Crippen LogP contribution in [0.3, 0.4) is 0 Å². The molecule has 24 heavy (non-hydrogen) atoms. The Morgan fingerprint density at radius 2 is 1.62 bits per heavy atom. The Bertz CT molecular complexity index is 989. The average Bonchev–Trinajstić information content (AvgIpc) is 2.95. The van der Waals surface area contributed by atoms with Crippen LogP contribution in [-0.2, 0) is 6.54 Å². The summed E-state index contributed by atoms with van der Waals surface area (Å²) in [6.45, 7) is 4.92. The van der Waals surface area contributed by atoms with Crippen LogP contribution in [0.15, 0.2) is 60.9 Å². The van der Waals surface area contributed by atoms with E-state index in [4.69, 9.17) is 4.98 Å². The number of rotatable bonds is 3. The fourth-order valence-corrected chi connectivity index (χ4v) is 2.88. The van der Waals surface area contributed by atoms with Gasteiger partial charge in [0.2, 0.25) is 0 Å². The molecule has 0 N–H and O–H groups in total. The predicted octanol–water partition coefficient (Wildman–Crippen LogP) is 4.16. The van der Waals surface area contributed by atoms with Gasteiger partial charge in [0.1, 0.15) is 5.69 Å². The summed E-state index contributed by atoms with van der Waals surface area (Å²) >= 11 is 0. The van der Waals surface area contributed by atoms with Crippen molar-refractivity contribution in [3.05, 3.63) is 77.7 Å². The van der Waals surface area contributed by atoms with Gasteiger partial charge in [0.25, 0.3) is 0 Å². The molecule has 3 heterocycles. The van der Waals surface area contributed by atoms with Crippen molar-refractivity contribution in [1.29, 1.82) is 0 Å². The van der Waals surface area contributed by atoms with Crippen LogP contribution in [0.1, 0.15) is 16.8 Å². The first-order chi connectivity index (χ1) is 11.7. The zero-order valence-corrected chi connectivity index (χ0v) is 13.8. The second-order valence-electron chi connectivity index (χ2n) is 5.98. The van der Waals surface area contributed by atoms with Crippen LogP contribution in [-0.4, -0.2) is 19.5 Å². The molecule has 0 bridgehead atoms. The van der Waals surface area contributed by atoms with Crippen molar-refractivity contribution in [2.45, 2.75) is 20.4 Å². The fourth-order valence-electron chi connectivity index (χ4n) is 2.88. The molecule has 0 unspecified atom stereocenters. The number of hydrogen-bond donors (Lipinski definition) is 0. The van der Waals surface area contributed by atoms with Crippen molar-refractivity contribution >= 4 is 11.0 Å². The van der Waals surface area contributed by atoms with Crippen LogP contribution in [0.4, 0.5) is 0 Å². The zero-order chi connectivity index (χ0) is 16.5. The molecule has 0 aliphatic carbocycles. The number of imidazole rings is 1. The Morgan fingerprint density at radius 3 is 2.33 bits per heavy atom. The molecule has 0 fully saturated rings. The molecule has 4 aromatic rings. The number of benzene rings is 1. The number of aryl methyl sites for hydroxylation is 2. The van der Waals surface area contributed by atoms with E-state index < -0.39 is 0 Å². The average molecular weight is 314 g/mol. The highest BCUT2D eigenvalue weighted by Gasteiger charge is 2.15. The van der Waals surface area contributed by atoms with Crippen LogP contribution in [0.25, 0.3) is 22.6 Å². The van der Waals surface area contributed by atoms with Gasteiger partial charge in [-0.1, -0.05) is 12.1 Å². The summed E-state index contributed by atoms with van der Waals surface area (Å²) in [5.41, 5.74) is 6.50. The van der Waals surface area contributed by atoms with E-state index in [-0.39, 0.29) is 0 Å². The molecule has 0 aliphatic heterocycles. The van der Waals surface area contributed by atoms with Crippen molar-refractivity contribution < 1.29 is 0 Å². The van der Waals surface area contributed by atoms with Gasteiger partial charge < -0.3 is 4.57 Å². The highest BCUT2D eigenvalue weighted by Crippen LogP contribution is 2.26. The quantitative estimate of drug-likeness (QED) is 0.570. The first-order valence-electron chi connectivity index (χ1n) is 8.01. The molecule has 1 aromatic carbocycles. The number of pyridine rings is 2. The minimum Gasteiger partial charge on any atom is -0.317 e. The summed E-state index contributed by atoms with van der Waals surface area (Å²) in [6, 6.07) is 16.2. The van der Waals surface area contributed by atoms with E-state index in [0.29, 0.717) is 6.54 Å². The van der Waals surface area contributed by atoms with Gasteiger partial charge in [-0.3, -0.25) is 9.97 Å². The normalized spacial score (nSPS) is 11.1. The number of nitrogens with zero attached hydrogens (tertiary/aromatic N) is 4. The largest absolute Gasteiger partial charge is 0.317 e. The van der Waals surface area contributed by atoms with Crippen molar-refractivity contribution in [2.75, 3.05) is 0 Å². The second-order valence-corrected chi connectivity index (χ2v) is 5.98. The first kappa shape index (κ1) is 14.6. The van der Waals surface area contributed by atoms with E-state index in [9.17, 15) is 0 Å². The zero-order valence-electron chi connectivity index (χ0n) is 13.8. The van der Waals surface area contributed by atoms with Crippen molar-refractivity contribution in [3.63, 3.8) is 0 Å². The summed E-state index contributed by atoms with van der Waals surface area (Å²) in [7, 11) is 0. The van der Waals surface area contributed by atoms with Gasteiger partial charge in [-0.15, -0.1) is 0 Å². The van der Waals surface area contributed by atoms with Crippen LogP contribution >= 0.6 is 0 Å². The molecule has 3 aromatic heterocycles. The maximum Gasteiger partial charge on any atom is 0.160 e. The molecular weight excluding hydrogens is 296 g/mol. The fraction of sp³-hybridized carbons (Fsp3) is 0.150. The molecule has 4 heteroatoms. The molecule has 0 radical (unpaired) electrons. The maximum absolute atomic E-state index is 4.85. The summed E-state index contributed by atoms with van der Waals surface area (Å²) in [4.78, 5) is 13.8. The topological polar surface area (TPSA) is 43.6 Å². The standard InChI is InChI=1S/C20H18N4/c1-14-11-18-19(12-15(14)2)24(13-16-7-3-5-9-21-16)20(23-18)17-8-4-6-10-22-17/h3-12H,13H2,1-2H3. The van der Waals surface area contributed by atoms with E-state index in [1.807, 2.05) is 42.6 Å². The highest BCUT2D eigenvalue weighted by molar-refractivity contribution is 5.81. The lowest BCUT2D eigenvalue weighted by Gasteiger charge is -2.09. The van der Waals surface area contributed by atoms with Crippen molar-refractivity contribution in [3.8, 4) is 11.5 Å². The van der Waals surface area contributed by atoms with E-state index in [2.05, 4.69) is 40.5 Å². The van der Waals surface area contributed by atoms with E-state index in [0.717, 1.165) is 28.2 Å². The van der Waals surface area contributed by atoms with E-state index in [1.165, 1.54) is 11.1 Å². The summed E-state index contributed by atoms with van der Waals surface area (Å²) in [6.07, 6.45) is 3.63. The Balaban J connectivity index is 1.95. The molecule has 118 valence electrons. The number of fused-ring (bicyclic) bond motifs is 1. The minimum absolute atomic E-state index is 0.672. The van der Waals surface area contributed by atoms with Gasteiger partial charge in [0, 0.05) is 12.4 Å². The van der Waals surface area contributed by atoms with Crippen molar-refractivity contribution in [2.24, 2.45) is 0 Å². The third-order valence-electron chi connectivity index (χ3n) is 4.30. The molecule has 0 saturated heterocycles. The molecule has 4 rings (SSSR count). The lowest BCUT2D eigenvalue weighted by Crippen LogP contribution is -2.04. The summed E-state index contributed by atoms with van der Waals surface area (Å²) < 4.78 is 2.20. The second kappa shape index (κ2) is 5.89. The van der Waals surface area contributed by atoms with E-state index in [1.54, 1.807) is 6.20 Å². The highest BCUT2D eigenvalue weighted by atomic mass is 15.1. The van der Waals surface area contributed by atoms with Gasteiger partial charge in [0.15, 0.2) is 5.82 Å². The van der Waals surface area contributed by atoms with Crippen LogP contribution in [0.2, 0.25) is 0 Å². The molecular formula is C20H18N4. The van der Waals surface area contributed by atoms with Crippen molar-refractivity contribution in [1.82, 2.24) is 19.5 Å².